The van der Waals surface area contributed by atoms with Gasteiger partial charge in [0.2, 0.25) is 0 Å². The normalized spacial score (nSPS) is 18.8. The second kappa shape index (κ2) is 7.43. The lowest BCUT2D eigenvalue weighted by atomic mass is 9.60. The SMILES string of the molecule is CCC1(C)c2cccc3c4cc(C)ccc4n4c(-c5c(C)cccc5C)c[n+](c4c23)C1(CC)CC. The first-order chi connectivity index (χ1) is 16.8. The number of hydrogen-bond donors (Lipinski definition) is 0. The average molecular weight is 462 g/mol. The Balaban J connectivity index is 1.98. The molecule has 0 spiro atoms. The van der Waals surface area contributed by atoms with Gasteiger partial charge < -0.3 is 0 Å². The van der Waals surface area contributed by atoms with E-state index in [1.165, 1.54) is 60.8 Å². The number of pyridine rings is 1. The molecule has 0 amide bonds. The molecule has 0 aliphatic carbocycles. The van der Waals surface area contributed by atoms with Gasteiger partial charge in [0.15, 0.2) is 5.69 Å². The molecule has 2 aromatic heterocycles. The Kier molecular flexibility index (Phi) is 4.75. The van der Waals surface area contributed by atoms with E-state index in [4.69, 9.17) is 0 Å². The lowest BCUT2D eigenvalue weighted by Crippen LogP contribution is -2.67. The van der Waals surface area contributed by atoms with E-state index in [9.17, 15) is 0 Å². The summed E-state index contributed by atoms with van der Waals surface area (Å²) in [4.78, 5) is 0. The molecule has 35 heavy (non-hydrogen) atoms. The Labute approximate surface area is 209 Å². The number of aryl methyl sites for hydroxylation is 3. The Morgan fingerprint density at radius 1 is 0.800 bits per heavy atom. The predicted octanol–water partition coefficient (Wildman–Crippen LogP) is 8.32. The molecule has 5 aromatic rings. The van der Waals surface area contributed by atoms with Crippen LogP contribution in [-0.4, -0.2) is 4.40 Å². The highest BCUT2D eigenvalue weighted by molar-refractivity contribution is 6.13. The zero-order valence-electron chi connectivity index (χ0n) is 22.3. The first-order valence-electron chi connectivity index (χ1n) is 13.3. The summed E-state index contributed by atoms with van der Waals surface area (Å²) in [6, 6.07) is 20.8. The quantitative estimate of drug-likeness (QED) is 0.188. The van der Waals surface area contributed by atoms with Crippen LogP contribution in [0.5, 0.6) is 0 Å². The molecule has 0 saturated heterocycles. The lowest BCUT2D eigenvalue weighted by molar-refractivity contribution is -0.754. The van der Waals surface area contributed by atoms with Crippen LogP contribution in [0.3, 0.4) is 0 Å². The summed E-state index contributed by atoms with van der Waals surface area (Å²) in [5.41, 5.74) is 10.9. The molecule has 0 saturated carbocycles. The van der Waals surface area contributed by atoms with Gasteiger partial charge in [-0.2, -0.15) is 4.40 Å². The third kappa shape index (κ3) is 2.58. The smallest absolute Gasteiger partial charge is 0.223 e. The highest BCUT2D eigenvalue weighted by Crippen LogP contribution is 2.52. The molecule has 1 unspecified atom stereocenters. The summed E-state index contributed by atoms with van der Waals surface area (Å²) < 4.78 is 5.29. The maximum Gasteiger partial charge on any atom is 0.296 e. The number of imidazole rings is 1. The van der Waals surface area contributed by atoms with Crippen LogP contribution in [0.15, 0.2) is 60.8 Å². The topological polar surface area (TPSA) is 8.29 Å². The van der Waals surface area contributed by atoms with Crippen LogP contribution in [0.2, 0.25) is 0 Å². The van der Waals surface area contributed by atoms with Crippen LogP contribution in [0.1, 0.15) is 69.2 Å². The number of aromatic nitrogens is 2. The minimum Gasteiger partial charge on any atom is -0.223 e. The molecule has 0 fully saturated rings. The average Bonchev–Trinajstić information content (AvgIpc) is 3.25. The molecule has 178 valence electrons. The van der Waals surface area contributed by atoms with Gasteiger partial charge in [0.05, 0.1) is 5.39 Å². The van der Waals surface area contributed by atoms with Crippen molar-refractivity contribution in [2.45, 2.75) is 78.7 Å². The number of benzene rings is 3. The van der Waals surface area contributed by atoms with Gasteiger partial charge in [-0.05, 0) is 68.9 Å². The molecule has 2 nitrogen and oxygen atoms in total. The van der Waals surface area contributed by atoms with Crippen molar-refractivity contribution in [2.24, 2.45) is 0 Å². The van der Waals surface area contributed by atoms with Crippen LogP contribution in [0, 0.1) is 20.8 Å². The first kappa shape index (κ1) is 22.3. The molecule has 0 bridgehead atoms. The summed E-state index contributed by atoms with van der Waals surface area (Å²) >= 11 is 0. The fourth-order valence-electron chi connectivity index (χ4n) is 7.61. The van der Waals surface area contributed by atoms with Gasteiger partial charge in [-0.25, -0.2) is 4.57 Å². The fraction of sp³-hybridized carbons (Fsp3) is 0.364. The maximum atomic E-state index is 2.70. The molecule has 2 heteroatoms. The van der Waals surface area contributed by atoms with Crippen LogP contribution in [-0.2, 0) is 11.0 Å². The lowest BCUT2D eigenvalue weighted by Gasteiger charge is -2.48. The van der Waals surface area contributed by atoms with Crippen molar-refractivity contribution in [1.82, 2.24) is 4.40 Å². The van der Waals surface area contributed by atoms with E-state index in [2.05, 4.69) is 118 Å². The highest BCUT2D eigenvalue weighted by Gasteiger charge is 2.56. The fourth-order valence-corrected chi connectivity index (χ4v) is 7.61. The Hall–Kier alpha value is -3.13. The summed E-state index contributed by atoms with van der Waals surface area (Å²) in [5.74, 6) is 0. The zero-order chi connectivity index (χ0) is 24.7. The molecule has 0 radical (unpaired) electrons. The monoisotopic (exact) mass is 461 g/mol. The van der Waals surface area contributed by atoms with Gasteiger partial charge in [0.25, 0.3) is 5.65 Å². The minimum absolute atomic E-state index is 0.0154. The van der Waals surface area contributed by atoms with Gasteiger partial charge in [-0.15, -0.1) is 0 Å². The predicted molar refractivity (Wildman–Crippen MR) is 148 cm³/mol. The molecule has 1 atom stereocenters. The molecule has 3 heterocycles. The summed E-state index contributed by atoms with van der Waals surface area (Å²) in [7, 11) is 0. The molecule has 0 N–H and O–H groups in total. The van der Waals surface area contributed by atoms with Crippen molar-refractivity contribution in [1.29, 1.82) is 0 Å². The van der Waals surface area contributed by atoms with Crippen molar-refractivity contribution >= 4 is 27.3 Å². The van der Waals surface area contributed by atoms with Crippen LogP contribution < -0.4 is 4.57 Å². The van der Waals surface area contributed by atoms with Gasteiger partial charge in [0, 0.05) is 21.8 Å². The molecule has 3 aromatic carbocycles. The number of fused-ring (bicyclic) bond motifs is 3. The van der Waals surface area contributed by atoms with Crippen LogP contribution in [0.25, 0.3) is 38.6 Å². The molecular formula is C33H37N2+. The van der Waals surface area contributed by atoms with E-state index in [1.807, 2.05) is 0 Å². The van der Waals surface area contributed by atoms with Crippen molar-refractivity contribution in [2.75, 3.05) is 0 Å². The van der Waals surface area contributed by atoms with Crippen LogP contribution >= 0.6 is 0 Å². The summed E-state index contributed by atoms with van der Waals surface area (Å²) in [5, 5.41) is 4.17. The van der Waals surface area contributed by atoms with E-state index in [0.717, 1.165) is 19.3 Å². The third-order valence-corrected chi connectivity index (χ3v) is 9.60. The molecular weight excluding hydrogens is 424 g/mol. The maximum absolute atomic E-state index is 2.70. The zero-order valence-corrected chi connectivity index (χ0v) is 22.3. The largest absolute Gasteiger partial charge is 0.296 e. The van der Waals surface area contributed by atoms with Gasteiger partial charge in [0.1, 0.15) is 17.3 Å². The second-order valence-electron chi connectivity index (χ2n) is 11.0. The van der Waals surface area contributed by atoms with E-state index in [-0.39, 0.29) is 11.0 Å². The standard InChI is InChI=1S/C33H37N2/c1-8-32(7)26-16-12-15-24-25-19-21(4)17-18-27(25)35-28(29-22(5)13-11-14-23(29)6)20-34(31(35)30(24)26)33(32,9-2)10-3/h11-20H,8-10H2,1-7H3/q+1. The highest BCUT2D eigenvalue weighted by atomic mass is 15.2. The van der Waals surface area contributed by atoms with E-state index < -0.39 is 0 Å². The second-order valence-corrected chi connectivity index (χ2v) is 11.0. The summed E-state index contributed by atoms with van der Waals surface area (Å²) in [6.07, 6.45) is 5.82. The number of hydrogen-bond acceptors (Lipinski definition) is 0. The van der Waals surface area contributed by atoms with Gasteiger partial charge in [-0.1, -0.05) is 75.7 Å². The van der Waals surface area contributed by atoms with Crippen molar-refractivity contribution in [3.05, 3.63) is 83.0 Å². The Morgan fingerprint density at radius 3 is 2.14 bits per heavy atom. The van der Waals surface area contributed by atoms with E-state index in [1.54, 1.807) is 0 Å². The summed E-state index contributed by atoms with van der Waals surface area (Å²) in [6.45, 7) is 16.4. The minimum atomic E-state index is 0.0154. The van der Waals surface area contributed by atoms with E-state index in [0.29, 0.717) is 0 Å². The Bertz CT molecular complexity index is 1630. The molecule has 6 rings (SSSR count). The van der Waals surface area contributed by atoms with Gasteiger partial charge >= 0.3 is 0 Å². The first-order valence-corrected chi connectivity index (χ1v) is 13.3. The third-order valence-electron chi connectivity index (χ3n) is 9.60. The Morgan fingerprint density at radius 2 is 1.49 bits per heavy atom. The molecule has 1 aliphatic rings. The van der Waals surface area contributed by atoms with E-state index >= 15 is 0 Å². The number of nitrogens with zero attached hydrogens (tertiary/aromatic N) is 2. The number of rotatable bonds is 4. The van der Waals surface area contributed by atoms with Crippen molar-refractivity contribution in [3.8, 4) is 11.3 Å². The molecule has 1 aliphatic heterocycles. The van der Waals surface area contributed by atoms with Gasteiger partial charge in [-0.3, -0.25) is 0 Å². The van der Waals surface area contributed by atoms with Crippen LogP contribution in [0.4, 0.5) is 0 Å². The van der Waals surface area contributed by atoms with Crippen molar-refractivity contribution in [3.63, 3.8) is 0 Å². The van der Waals surface area contributed by atoms with Crippen molar-refractivity contribution < 1.29 is 4.57 Å².